The zero-order chi connectivity index (χ0) is 20.5. The first-order valence-electron chi connectivity index (χ1n) is 8.50. The minimum absolute atomic E-state index is 0.0542. The number of fused-ring (bicyclic) bond motifs is 1. The Morgan fingerprint density at radius 3 is 2.61 bits per heavy atom. The van der Waals surface area contributed by atoms with Crippen LogP contribution in [0.3, 0.4) is 0 Å². The minimum Gasteiger partial charge on any atom is -0.497 e. The number of carbonyl (C=O) groups is 1. The molecule has 9 heteroatoms. The minimum atomic E-state index is -5.49. The van der Waals surface area contributed by atoms with Gasteiger partial charge in [0, 0.05) is 17.2 Å². The molecule has 0 fully saturated rings. The zero-order valence-electron chi connectivity index (χ0n) is 14.9. The molecule has 0 heterocycles. The third-order valence-corrected chi connectivity index (χ3v) is 5.80. The molecule has 0 spiro atoms. The Kier molecular flexibility index (Phi) is 5.38. The van der Waals surface area contributed by atoms with Gasteiger partial charge >= 0.3 is 15.5 Å². The van der Waals surface area contributed by atoms with Gasteiger partial charge in [-0.15, -0.1) is 0 Å². The summed E-state index contributed by atoms with van der Waals surface area (Å²) in [6, 6.07) is 11.0. The van der Waals surface area contributed by atoms with Gasteiger partial charge in [-0.25, -0.2) is 0 Å². The van der Waals surface area contributed by atoms with E-state index in [0.29, 0.717) is 36.1 Å². The maximum absolute atomic E-state index is 12.8. The smallest absolute Gasteiger partial charge is 0.497 e. The predicted molar refractivity (Wildman–Crippen MR) is 97.9 cm³/mol. The molecule has 1 N–H and O–H groups in total. The molecule has 0 bridgehead atoms. The van der Waals surface area contributed by atoms with Gasteiger partial charge in [-0.05, 0) is 54.7 Å². The summed E-state index contributed by atoms with van der Waals surface area (Å²) in [7, 11) is -3.98. The van der Waals surface area contributed by atoms with Crippen LogP contribution in [-0.2, 0) is 22.9 Å². The maximum atomic E-state index is 12.8. The van der Waals surface area contributed by atoms with Crippen LogP contribution < -0.4 is 9.46 Å². The van der Waals surface area contributed by atoms with E-state index in [-0.39, 0.29) is 17.4 Å². The second-order valence-electron chi connectivity index (χ2n) is 6.58. The van der Waals surface area contributed by atoms with E-state index in [1.54, 1.807) is 18.2 Å². The van der Waals surface area contributed by atoms with Crippen LogP contribution in [0.4, 0.5) is 18.9 Å². The van der Waals surface area contributed by atoms with Crippen molar-refractivity contribution in [3.63, 3.8) is 0 Å². The first-order chi connectivity index (χ1) is 13.1. The van der Waals surface area contributed by atoms with Crippen LogP contribution >= 0.6 is 0 Å². The van der Waals surface area contributed by atoms with Crippen LogP contribution in [0.25, 0.3) is 0 Å². The summed E-state index contributed by atoms with van der Waals surface area (Å²) >= 11 is 0. The van der Waals surface area contributed by atoms with Crippen molar-refractivity contribution in [2.45, 2.75) is 24.8 Å². The summed E-state index contributed by atoms with van der Waals surface area (Å²) in [5.74, 6) is 0.187. The number of aryl methyl sites for hydroxylation is 1. The molecule has 0 aromatic heterocycles. The largest absolute Gasteiger partial charge is 0.516 e. The van der Waals surface area contributed by atoms with Crippen LogP contribution in [-0.4, -0.2) is 26.8 Å². The van der Waals surface area contributed by atoms with Crippen LogP contribution in [0.2, 0.25) is 0 Å². The van der Waals surface area contributed by atoms with E-state index in [1.807, 2.05) is 6.07 Å². The highest BCUT2D eigenvalue weighted by Gasteiger charge is 2.46. The Morgan fingerprint density at radius 1 is 1.18 bits per heavy atom. The van der Waals surface area contributed by atoms with Gasteiger partial charge in [0.2, 0.25) is 0 Å². The van der Waals surface area contributed by atoms with Gasteiger partial charge in [-0.3, -0.25) is 9.52 Å². The number of ketones is 1. The predicted octanol–water partition coefficient (Wildman–Crippen LogP) is 3.94. The molecule has 0 aliphatic heterocycles. The summed E-state index contributed by atoms with van der Waals surface area (Å²) in [6.07, 6.45) is 1.61. The third kappa shape index (κ3) is 4.14. The second kappa shape index (κ2) is 7.46. The average molecular weight is 413 g/mol. The van der Waals surface area contributed by atoms with E-state index in [9.17, 15) is 26.4 Å². The van der Waals surface area contributed by atoms with Crippen molar-refractivity contribution in [3.05, 3.63) is 59.2 Å². The molecule has 1 unspecified atom stereocenters. The number of benzene rings is 2. The molecular formula is C19H18F3NO4S. The molecule has 0 saturated carbocycles. The number of hydrogen-bond acceptors (Lipinski definition) is 4. The first kappa shape index (κ1) is 20.2. The molecule has 0 amide bonds. The summed E-state index contributed by atoms with van der Waals surface area (Å²) < 4.78 is 66.8. The fraction of sp³-hybridized carbons (Fsp3) is 0.316. The highest BCUT2D eigenvalue weighted by atomic mass is 32.2. The number of sulfonamides is 1. The standard InChI is InChI=1S/C19H18F3NO4S/c1-27-16-8-7-13-5-6-14(18(24)17(13)11-16)9-12-3-2-4-15(10-12)23-28(25,26)19(20,21)22/h2-4,7-8,10-11,14,23H,5-6,9H2,1H3. The zero-order valence-corrected chi connectivity index (χ0v) is 15.7. The Morgan fingerprint density at radius 2 is 1.93 bits per heavy atom. The molecule has 0 saturated heterocycles. The van der Waals surface area contributed by atoms with Crippen molar-refractivity contribution in [2.24, 2.45) is 5.92 Å². The molecule has 0 radical (unpaired) electrons. The third-order valence-electron chi connectivity index (χ3n) is 4.68. The van der Waals surface area contributed by atoms with Crippen LogP contribution in [0.1, 0.15) is 27.9 Å². The van der Waals surface area contributed by atoms with Crippen LogP contribution in [0, 0.1) is 5.92 Å². The van der Waals surface area contributed by atoms with Crippen molar-refractivity contribution >= 4 is 21.5 Å². The van der Waals surface area contributed by atoms with Gasteiger partial charge in [0.1, 0.15) is 5.75 Å². The fourth-order valence-electron chi connectivity index (χ4n) is 3.26. The summed E-state index contributed by atoms with van der Waals surface area (Å²) in [6.45, 7) is 0. The molecule has 2 aromatic carbocycles. The maximum Gasteiger partial charge on any atom is 0.516 e. The Bertz CT molecular complexity index is 1000. The lowest BCUT2D eigenvalue weighted by atomic mass is 9.79. The van der Waals surface area contributed by atoms with Crippen LogP contribution in [0.15, 0.2) is 42.5 Å². The Labute approximate surface area is 160 Å². The summed E-state index contributed by atoms with van der Waals surface area (Å²) in [5.41, 5.74) is -3.49. The second-order valence-corrected chi connectivity index (χ2v) is 8.25. The van der Waals surface area contributed by atoms with Crippen molar-refractivity contribution < 1.29 is 31.1 Å². The molecule has 1 aliphatic rings. The number of carbonyl (C=O) groups excluding carboxylic acids is 1. The van der Waals surface area contributed by atoms with E-state index < -0.39 is 15.5 Å². The quantitative estimate of drug-likeness (QED) is 0.806. The number of rotatable bonds is 5. The SMILES string of the molecule is COc1ccc2c(c1)C(=O)C(Cc1cccc(NS(=O)(=O)C(F)(F)F)c1)CC2. The number of halogens is 3. The number of anilines is 1. The Balaban J connectivity index is 1.78. The van der Waals surface area contributed by atoms with Gasteiger partial charge in [-0.1, -0.05) is 18.2 Å². The van der Waals surface area contributed by atoms with Gasteiger partial charge in [0.25, 0.3) is 0 Å². The van der Waals surface area contributed by atoms with E-state index in [2.05, 4.69) is 0 Å². The number of Topliss-reactive ketones (excluding diaryl/α,β-unsaturated/α-hetero) is 1. The summed E-state index contributed by atoms with van der Waals surface area (Å²) in [4.78, 5) is 12.8. The van der Waals surface area contributed by atoms with Crippen molar-refractivity contribution in [1.29, 1.82) is 0 Å². The van der Waals surface area contributed by atoms with Gasteiger partial charge in [0.15, 0.2) is 5.78 Å². The first-order valence-corrected chi connectivity index (χ1v) is 9.98. The molecule has 28 heavy (non-hydrogen) atoms. The number of methoxy groups -OCH3 is 1. The number of ether oxygens (including phenoxy) is 1. The molecular weight excluding hydrogens is 395 g/mol. The highest BCUT2D eigenvalue weighted by molar-refractivity contribution is 7.93. The number of hydrogen-bond donors (Lipinski definition) is 1. The van der Waals surface area contributed by atoms with Crippen molar-refractivity contribution in [1.82, 2.24) is 0 Å². The fourth-order valence-corrected chi connectivity index (χ4v) is 3.82. The van der Waals surface area contributed by atoms with Crippen LogP contribution in [0.5, 0.6) is 5.75 Å². The van der Waals surface area contributed by atoms with E-state index >= 15 is 0 Å². The average Bonchev–Trinajstić information content (AvgIpc) is 2.63. The van der Waals surface area contributed by atoms with Crippen molar-refractivity contribution in [2.75, 3.05) is 11.8 Å². The van der Waals surface area contributed by atoms with Gasteiger partial charge < -0.3 is 4.74 Å². The lowest BCUT2D eigenvalue weighted by molar-refractivity contribution is -0.0429. The van der Waals surface area contributed by atoms with E-state index in [1.165, 1.54) is 30.0 Å². The van der Waals surface area contributed by atoms with E-state index in [4.69, 9.17) is 4.74 Å². The van der Waals surface area contributed by atoms with Gasteiger partial charge in [-0.2, -0.15) is 21.6 Å². The molecule has 1 aliphatic carbocycles. The lowest BCUT2D eigenvalue weighted by Crippen LogP contribution is -2.30. The molecule has 5 nitrogen and oxygen atoms in total. The molecule has 3 rings (SSSR count). The highest BCUT2D eigenvalue weighted by Crippen LogP contribution is 2.31. The molecule has 1 atom stereocenters. The summed E-state index contributed by atoms with van der Waals surface area (Å²) in [5, 5.41) is 0. The Hall–Kier alpha value is -2.55. The number of nitrogens with one attached hydrogen (secondary N) is 1. The van der Waals surface area contributed by atoms with E-state index in [0.717, 1.165) is 5.56 Å². The number of alkyl halides is 3. The lowest BCUT2D eigenvalue weighted by Gasteiger charge is -2.24. The van der Waals surface area contributed by atoms with Gasteiger partial charge in [0.05, 0.1) is 7.11 Å². The molecule has 2 aromatic rings. The van der Waals surface area contributed by atoms with Crippen molar-refractivity contribution in [3.8, 4) is 5.75 Å². The molecule has 150 valence electrons. The monoisotopic (exact) mass is 413 g/mol. The normalized spacial score (nSPS) is 17.1. The topological polar surface area (TPSA) is 72.5 Å².